The molecule has 0 radical (unpaired) electrons. The number of halogens is 1. The summed E-state index contributed by atoms with van der Waals surface area (Å²) >= 11 is 3.35. The van der Waals surface area contributed by atoms with Crippen molar-refractivity contribution in [2.75, 3.05) is 6.54 Å². The van der Waals surface area contributed by atoms with Gasteiger partial charge in [0.05, 0.1) is 0 Å². The highest BCUT2D eigenvalue weighted by Gasteiger charge is 2.48. The summed E-state index contributed by atoms with van der Waals surface area (Å²) in [6, 6.07) is 14.6. The molecule has 140 valence electrons. The van der Waals surface area contributed by atoms with Crippen LogP contribution in [0.5, 0.6) is 0 Å². The largest absolute Gasteiger partial charge is 0.480 e. The minimum Gasteiger partial charge on any atom is -0.480 e. The monoisotopic (exact) mass is 430 g/mol. The van der Waals surface area contributed by atoms with Gasteiger partial charge in [0.1, 0.15) is 0 Å². The molecule has 0 bridgehead atoms. The molecule has 1 N–H and O–H groups in total. The number of hydrazine groups is 1. The normalized spacial score (nSPS) is 19.2. The molecule has 6 nitrogen and oxygen atoms in total. The Balaban J connectivity index is 1.97. The van der Waals surface area contributed by atoms with Gasteiger partial charge in [-0.25, -0.2) is 14.8 Å². The van der Waals surface area contributed by atoms with Gasteiger partial charge < -0.3 is 5.11 Å². The van der Waals surface area contributed by atoms with Crippen molar-refractivity contribution in [3.05, 3.63) is 70.2 Å². The van der Waals surface area contributed by atoms with Gasteiger partial charge >= 0.3 is 5.97 Å². The number of nitrogens with zero attached hydrogens (tertiary/aromatic N) is 2. The number of hydrogen-bond acceptors (Lipinski definition) is 3. The highest BCUT2D eigenvalue weighted by atomic mass is 79.9. The summed E-state index contributed by atoms with van der Waals surface area (Å²) in [5, 5.41) is 12.2. The third kappa shape index (κ3) is 3.73. The number of hydrogen-bond donors (Lipinski definition) is 1. The van der Waals surface area contributed by atoms with Crippen LogP contribution in [0.1, 0.15) is 35.2 Å². The Labute approximate surface area is 165 Å². The summed E-state index contributed by atoms with van der Waals surface area (Å²) in [6.07, 6.45) is 0.0389. The van der Waals surface area contributed by atoms with Gasteiger partial charge in [0.25, 0.3) is 5.91 Å². The number of carbonyl (C=O) groups excluding carboxylic acids is 2. The Kier molecular flexibility index (Phi) is 5.60. The molecule has 0 aromatic heterocycles. The standard InChI is InChI=1S/C20H19BrN2O4/c1-2-22(19(25)14-6-4-3-5-7-14)23-17(24)12-16(18(23)20(26)27)13-8-10-15(21)11-9-13/h3-11,16,18H,2,12H2,1H3,(H,26,27)/t16-,18+/m0/s1. The number of aliphatic carboxylic acids is 1. The zero-order valence-electron chi connectivity index (χ0n) is 14.7. The summed E-state index contributed by atoms with van der Waals surface area (Å²) in [7, 11) is 0. The number of amides is 2. The SMILES string of the molecule is CCN(C(=O)c1ccccc1)N1C(=O)C[C@@H](c2ccc(Br)cc2)[C@@H]1C(=O)O. The van der Waals surface area contributed by atoms with Crippen molar-refractivity contribution in [3.8, 4) is 0 Å². The lowest BCUT2D eigenvalue weighted by Gasteiger charge is -2.35. The summed E-state index contributed by atoms with van der Waals surface area (Å²) in [6.45, 7) is 1.91. The molecular weight excluding hydrogens is 412 g/mol. The fourth-order valence-corrected chi connectivity index (χ4v) is 3.68. The first-order valence-corrected chi connectivity index (χ1v) is 9.40. The van der Waals surface area contributed by atoms with Crippen molar-refractivity contribution >= 4 is 33.7 Å². The van der Waals surface area contributed by atoms with Crippen LogP contribution in [0.3, 0.4) is 0 Å². The van der Waals surface area contributed by atoms with Crippen molar-refractivity contribution in [1.82, 2.24) is 10.0 Å². The predicted molar refractivity (Wildman–Crippen MR) is 103 cm³/mol. The fourth-order valence-electron chi connectivity index (χ4n) is 3.41. The average Bonchev–Trinajstić information content (AvgIpc) is 3.01. The van der Waals surface area contributed by atoms with Gasteiger partial charge in [-0.05, 0) is 36.8 Å². The van der Waals surface area contributed by atoms with Crippen LogP contribution in [-0.4, -0.2) is 45.5 Å². The first-order chi connectivity index (χ1) is 12.9. The molecule has 0 spiro atoms. The maximum atomic E-state index is 12.9. The molecule has 2 atom stereocenters. The maximum absolute atomic E-state index is 12.9. The third-order valence-electron chi connectivity index (χ3n) is 4.66. The average molecular weight is 431 g/mol. The Bertz CT molecular complexity index is 854. The zero-order chi connectivity index (χ0) is 19.6. The lowest BCUT2D eigenvalue weighted by Crippen LogP contribution is -2.54. The lowest BCUT2D eigenvalue weighted by molar-refractivity contribution is -0.157. The fraction of sp³-hybridized carbons (Fsp3) is 0.250. The Morgan fingerprint density at radius 2 is 1.78 bits per heavy atom. The molecule has 0 unspecified atom stereocenters. The Hall–Kier alpha value is -2.67. The van der Waals surface area contributed by atoms with Crippen LogP contribution < -0.4 is 0 Å². The van der Waals surface area contributed by atoms with E-state index in [2.05, 4.69) is 15.9 Å². The molecule has 0 saturated carbocycles. The summed E-state index contributed by atoms with van der Waals surface area (Å²) in [4.78, 5) is 37.7. The Morgan fingerprint density at radius 3 is 2.33 bits per heavy atom. The van der Waals surface area contributed by atoms with E-state index in [1.54, 1.807) is 49.4 Å². The summed E-state index contributed by atoms with van der Waals surface area (Å²) in [5.41, 5.74) is 1.16. The molecule has 2 aromatic rings. The van der Waals surface area contributed by atoms with E-state index >= 15 is 0 Å². The second-order valence-electron chi connectivity index (χ2n) is 6.27. The van der Waals surface area contributed by atoms with E-state index in [-0.39, 0.29) is 18.9 Å². The van der Waals surface area contributed by atoms with Crippen molar-refractivity contribution in [1.29, 1.82) is 0 Å². The molecule has 2 aromatic carbocycles. The van der Waals surface area contributed by atoms with E-state index in [0.29, 0.717) is 5.56 Å². The molecular formula is C20H19BrN2O4. The lowest BCUT2D eigenvalue weighted by atomic mass is 9.92. The predicted octanol–water partition coefficient (Wildman–Crippen LogP) is 3.30. The van der Waals surface area contributed by atoms with Gasteiger partial charge in [0.2, 0.25) is 5.91 Å². The van der Waals surface area contributed by atoms with E-state index < -0.39 is 23.8 Å². The van der Waals surface area contributed by atoms with Crippen LogP contribution >= 0.6 is 15.9 Å². The van der Waals surface area contributed by atoms with Gasteiger partial charge in [-0.15, -0.1) is 0 Å². The molecule has 0 aliphatic carbocycles. The first-order valence-electron chi connectivity index (χ1n) is 8.61. The van der Waals surface area contributed by atoms with E-state index in [0.717, 1.165) is 15.0 Å². The van der Waals surface area contributed by atoms with Crippen molar-refractivity contribution in [2.24, 2.45) is 0 Å². The number of carboxylic acids is 1. The van der Waals surface area contributed by atoms with Crippen LogP contribution in [0.4, 0.5) is 0 Å². The summed E-state index contributed by atoms with van der Waals surface area (Å²) in [5.74, 6) is -2.43. The van der Waals surface area contributed by atoms with Crippen molar-refractivity contribution in [2.45, 2.75) is 25.3 Å². The molecule has 1 aliphatic heterocycles. The van der Waals surface area contributed by atoms with Crippen LogP contribution in [-0.2, 0) is 9.59 Å². The van der Waals surface area contributed by atoms with Gasteiger partial charge in [0, 0.05) is 28.9 Å². The second-order valence-corrected chi connectivity index (χ2v) is 7.19. The first kappa shape index (κ1) is 19.1. The van der Waals surface area contributed by atoms with E-state index in [4.69, 9.17) is 0 Å². The molecule has 1 heterocycles. The van der Waals surface area contributed by atoms with Gasteiger partial charge in [-0.1, -0.05) is 46.3 Å². The number of rotatable bonds is 5. The number of benzene rings is 2. The number of carbonyl (C=O) groups is 3. The topological polar surface area (TPSA) is 77.9 Å². The third-order valence-corrected chi connectivity index (χ3v) is 5.19. The van der Waals surface area contributed by atoms with Gasteiger partial charge in [0.15, 0.2) is 6.04 Å². The van der Waals surface area contributed by atoms with Gasteiger partial charge in [-0.3, -0.25) is 9.59 Å². The molecule has 1 aliphatic rings. The molecule has 3 rings (SSSR count). The van der Waals surface area contributed by atoms with Crippen molar-refractivity contribution < 1.29 is 19.5 Å². The smallest absolute Gasteiger partial charge is 0.329 e. The van der Waals surface area contributed by atoms with E-state index in [1.165, 1.54) is 5.01 Å². The molecule has 27 heavy (non-hydrogen) atoms. The molecule has 7 heteroatoms. The minimum absolute atomic E-state index is 0.0389. The van der Waals surface area contributed by atoms with E-state index in [9.17, 15) is 19.5 Å². The van der Waals surface area contributed by atoms with Crippen LogP contribution in [0.2, 0.25) is 0 Å². The Morgan fingerprint density at radius 1 is 1.15 bits per heavy atom. The van der Waals surface area contributed by atoms with Crippen molar-refractivity contribution in [3.63, 3.8) is 0 Å². The van der Waals surface area contributed by atoms with E-state index in [1.807, 2.05) is 12.1 Å². The zero-order valence-corrected chi connectivity index (χ0v) is 16.3. The van der Waals surface area contributed by atoms with Crippen LogP contribution in [0, 0.1) is 0 Å². The summed E-state index contributed by atoms with van der Waals surface area (Å²) < 4.78 is 0.869. The quantitative estimate of drug-likeness (QED) is 0.788. The molecule has 2 amide bonds. The maximum Gasteiger partial charge on any atom is 0.329 e. The minimum atomic E-state index is -1.13. The molecule has 1 saturated heterocycles. The highest BCUT2D eigenvalue weighted by molar-refractivity contribution is 9.10. The number of carboxylic acid groups (broad SMARTS) is 1. The second kappa shape index (κ2) is 7.92. The highest BCUT2D eigenvalue weighted by Crippen LogP contribution is 2.36. The molecule has 1 fully saturated rings. The van der Waals surface area contributed by atoms with Gasteiger partial charge in [-0.2, -0.15) is 0 Å². The van der Waals surface area contributed by atoms with Crippen LogP contribution in [0.25, 0.3) is 0 Å². The van der Waals surface area contributed by atoms with Crippen LogP contribution in [0.15, 0.2) is 59.1 Å².